The maximum Gasteiger partial charge on any atom is 0.306 e. The van der Waals surface area contributed by atoms with Crippen LogP contribution in [0.2, 0.25) is 0 Å². The Hall–Kier alpha value is -2.29. The Bertz CT molecular complexity index is 1250. The second kappa shape index (κ2) is 44.9. The summed E-state index contributed by atoms with van der Waals surface area (Å²) >= 11 is 0. The topological polar surface area (TPSA) is 111 Å². The fourth-order valence-corrected chi connectivity index (χ4v) is 7.60. The van der Waals surface area contributed by atoms with Crippen LogP contribution in [-0.4, -0.2) is 70.0 Å². The van der Waals surface area contributed by atoms with E-state index in [9.17, 15) is 19.0 Å². The van der Waals surface area contributed by atoms with Gasteiger partial charge in [0.05, 0.1) is 27.7 Å². The molecule has 0 aliphatic carbocycles. The molecule has 0 fully saturated rings. The Labute approximate surface area is 387 Å². The number of hydrogen-bond donors (Lipinski definition) is 0. The Kier molecular flexibility index (Phi) is 43.3. The number of phosphoric ester groups is 1. The lowest BCUT2D eigenvalue weighted by atomic mass is 10.0. The fraction of sp³-hybridized carbons (Fsp3) is 0.774. The molecule has 9 nitrogen and oxygen atoms in total. The van der Waals surface area contributed by atoms with Gasteiger partial charge in [-0.15, -0.1) is 0 Å². The highest BCUT2D eigenvalue weighted by Gasteiger charge is 2.21. The first-order valence-electron chi connectivity index (χ1n) is 25.5. The molecule has 63 heavy (non-hydrogen) atoms. The summed E-state index contributed by atoms with van der Waals surface area (Å²) < 4.78 is 34.0. The second-order valence-electron chi connectivity index (χ2n) is 18.2. The molecule has 0 bridgehead atoms. The van der Waals surface area contributed by atoms with Gasteiger partial charge < -0.3 is 27.9 Å². The zero-order valence-corrected chi connectivity index (χ0v) is 42.2. The minimum atomic E-state index is -4.65. The summed E-state index contributed by atoms with van der Waals surface area (Å²) in [6.45, 7) is 4.07. The van der Waals surface area contributed by atoms with Crippen molar-refractivity contribution in [3.63, 3.8) is 0 Å². The van der Waals surface area contributed by atoms with Gasteiger partial charge in [0.15, 0.2) is 6.10 Å². The summed E-state index contributed by atoms with van der Waals surface area (Å²) in [5.74, 6) is -0.898. The van der Waals surface area contributed by atoms with E-state index in [1.165, 1.54) is 122 Å². The lowest BCUT2D eigenvalue weighted by molar-refractivity contribution is -0.870. The molecule has 0 aliphatic heterocycles. The first-order valence-corrected chi connectivity index (χ1v) is 27.0. The Morgan fingerprint density at radius 2 is 0.905 bits per heavy atom. The monoisotopic (exact) mass is 906 g/mol. The van der Waals surface area contributed by atoms with Gasteiger partial charge in [-0.05, 0) is 51.4 Å². The largest absolute Gasteiger partial charge is 0.756 e. The molecule has 0 rings (SSSR count). The summed E-state index contributed by atoms with van der Waals surface area (Å²) in [7, 11) is 1.13. The van der Waals surface area contributed by atoms with Crippen molar-refractivity contribution in [2.45, 2.75) is 219 Å². The molecule has 0 aromatic rings. The highest BCUT2D eigenvalue weighted by Crippen LogP contribution is 2.38. The van der Waals surface area contributed by atoms with E-state index in [1.54, 1.807) is 0 Å². The molecule has 10 heteroatoms. The van der Waals surface area contributed by atoms with Crippen LogP contribution in [0.3, 0.4) is 0 Å². The molecule has 0 spiro atoms. The van der Waals surface area contributed by atoms with Crippen molar-refractivity contribution in [1.29, 1.82) is 0 Å². The van der Waals surface area contributed by atoms with Crippen molar-refractivity contribution >= 4 is 19.8 Å². The minimum absolute atomic E-state index is 0.0426. The predicted octanol–water partition coefficient (Wildman–Crippen LogP) is 14.6. The molecule has 0 heterocycles. The first kappa shape index (κ1) is 60.7. The molecule has 0 N–H and O–H groups in total. The standard InChI is InChI=1S/C53H96NO8P/c1-6-8-10-12-14-16-18-20-22-24-25-26-27-28-30-31-33-35-37-39-41-43-45-52(55)59-49-51(50-61-63(57,58)60-48-47-54(3,4)5)62-53(56)46-44-42-40-38-36-34-32-29-23-21-19-17-15-13-11-9-7-2/h9,11,15,17,21,23,32,34,38,40,51H,6-8,10,12-14,16,18-20,22,24-31,33,35-37,39,41-50H2,1-5H3/b11-9+,17-15+,23-21+,34-32+,40-38+/t51-/m1/s1. The minimum Gasteiger partial charge on any atom is -0.756 e. The molecule has 0 aromatic carbocycles. The summed E-state index contributed by atoms with van der Waals surface area (Å²) in [5.41, 5.74) is 0. The van der Waals surface area contributed by atoms with Crippen molar-refractivity contribution in [2.75, 3.05) is 47.5 Å². The smallest absolute Gasteiger partial charge is 0.306 e. The molecule has 1 unspecified atom stereocenters. The molecule has 0 radical (unpaired) electrons. The zero-order chi connectivity index (χ0) is 46.4. The number of hydrogen-bond acceptors (Lipinski definition) is 8. The van der Waals surface area contributed by atoms with Crippen molar-refractivity contribution in [1.82, 2.24) is 0 Å². The van der Waals surface area contributed by atoms with Gasteiger partial charge in [-0.25, -0.2) is 0 Å². The Morgan fingerprint density at radius 1 is 0.508 bits per heavy atom. The highest BCUT2D eigenvalue weighted by atomic mass is 31.2. The average molecular weight is 906 g/mol. The summed E-state index contributed by atoms with van der Waals surface area (Å²) in [6.07, 6.45) is 55.5. The number of allylic oxidation sites excluding steroid dienone is 10. The van der Waals surface area contributed by atoms with E-state index in [-0.39, 0.29) is 26.1 Å². The lowest BCUT2D eigenvalue weighted by Gasteiger charge is -2.28. The van der Waals surface area contributed by atoms with Crippen LogP contribution in [0, 0.1) is 0 Å². The number of unbranched alkanes of at least 4 members (excludes halogenated alkanes) is 22. The molecular weight excluding hydrogens is 810 g/mol. The Morgan fingerprint density at radius 3 is 1.33 bits per heavy atom. The maximum absolute atomic E-state index is 12.7. The van der Waals surface area contributed by atoms with Crippen molar-refractivity contribution in [2.24, 2.45) is 0 Å². The number of quaternary nitrogens is 1. The molecule has 0 saturated heterocycles. The predicted molar refractivity (Wildman–Crippen MR) is 263 cm³/mol. The molecule has 2 atom stereocenters. The first-order chi connectivity index (χ1) is 30.5. The lowest BCUT2D eigenvalue weighted by Crippen LogP contribution is -2.37. The zero-order valence-electron chi connectivity index (χ0n) is 41.3. The molecule has 0 aliphatic rings. The number of carbonyl (C=O) groups excluding carboxylic acids is 2. The third kappa shape index (κ3) is 49.0. The van der Waals surface area contributed by atoms with E-state index in [0.717, 1.165) is 51.4 Å². The number of rotatable bonds is 46. The second-order valence-corrected chi connectivity index (χ2v) is 19.6. The summed E-state index contributed by atoms with van der Waals surface area (Å²) in [4.78, 5) is 37.7. The number of carbonyl (C=O) groups is 2. The maximum atomic E-state index is 12.7. The van der Waals surface area contributed by atoms with Crippen LogP contribution in [0.1, 0.15) is 213 Å². The average Bonchev–Trinajstić information content (AvgIpc) is 3.24. The summed E-state index contributed by atoms with van der Waals surface area (Å²) in [5, 5.41) is 0. The molecule has 0 amide bonds. The third-order valence-corrected chi connectivity index (χ3v) is 11.8. The van der Waals surface area contributed by atoms with E-state index in [2.05, 4.69) is 68.5 Å². The Balaban J connectivity index is 4.29. The number of esters is 2. The van der Waals surface area contributed by atoms with E-state index in [0.29, 0.717) is 23.9 Å². The molecule has 0 saturated carbocycles. The molecular formula is C53H96NO8P. The van der Waals surface area contributed by atoms with Crippen LogP contribution in [0.15, 0.2) is 60.8 Å². The number of nitrogens with zero attached hydrogens (tertiary/aromatic N) is 1. The van der Waals surface area contributed by atoms with Gasteiger partial charge in [0.2, 0.25) is 0 Å². The van der Waals surface area contributed by atoms with Crippen LogP contribution in [0.4, 0.5) is 0 Å². The summed E-state index contributed by atoms with van der Waals surface area (Å²) in [6, 6.07) is 0. The van der Waals surface area contributed by atoms with Crippen molar-refractivity contribution in [3.05, 3.63) is 60.8 Å². The van der Waals surface area contributed by atoms with Crippen LogP contribution >= 0.6 is 7.82 Å². The van der Waals surface area contributed by atoms with Gasteiger partial charge in [-0.3, -0.25) is 14.2 Å². The number of likely N-dealkylation sites (N-methyl/N-ethyl adjacent to an activating group) is 1. The quantitative estimate of drug-likeness (QED) is 0.0195. The highest BCUT2D eigenvalue weighted by molar-refractivity contribution is 7.45. The van der Waals surface area contributed by atoms with Crippen LogP contribution in [0.25, 0.3) is 0 Å². The van der Waals surface area contributed by atoms with E-state index in [4.69, 9.17) is 18.5 Å². The van der Waals surface area contributed by atoms with Crippen LogP contribution in [0.5, 0.6) is 0 Å². The van der Waals surface area contributed by atoms with Gasteiger partial charge >= 0.3 is 11.9 Å². The third-order valence-electron chi connectivity index (χ3n) is 10.8. The number of ether oxygens (including phenoxy) is 2. The number of phosphoric acid groups is 1. The van der Waals surface area contributed by atoms with E-state index < -0.39 is 32.5 Å². The fourth-order valence-electron chi connectivity index (χ4n) is 6.87. The van der Waals surface area contributed by atoms with Gasteiger partial charge in [-0.2, -0.15) is 0 Å². The SMILES string of the molecule is CC/C=C/C/C=C/C/C=C/C/C=C/C/C=C/CCCC(=O)O[C@H](COC(=O)CCCCCCCCCCCCCCCCCCCCCCCC)COP(=O)([O-])OCC[N+](C)(C)C. The van der Waals surface area contributed by atoms with Crippen LogP contribution < -0.4 is 4.89 Å². The van der Waals surface area contributed by atoms with Crippen molar-refractivity contribution in [3.8, 4) is 0 Å². The van der Waals surface area contributed by atoms with E-state index in [1.807, 2.05) is 27.2 Å². The normalized spacial score (nSPS) is 13.9. The van der Waals surface area contributed by atoms with Gasteiger partial charge in [0.1, 0.15) is 19.8 Å². The van der Waals surface area contributed by atoms with Gasteiger partial charge in [-0.1, -0.05) is 209 Å². The molecule has 0 aromatic heterocycles. The molecule has 366 valence electrons. The van der Waals surface area contributed by atoms with Gasteiger partial charge in [0, 0.05) is 12.8 Å². The van der Waals surface area contributed by atoms with Crippen molar-refractivity contribution < 1.29 is 42.1 Å². The van der Waals surface area contributed by atoms with E-state index >= 15 is 0 Å². The van der Waals surface area contributed by atoms with Crippen LogP contribution in [-0.2, 0) is 32.7 Å². The van der Waals surface area contributed by atoms with Gasteiger partial charge in [0.25, 0.3) is 7.82 Å².